The minimum atomic E-state index is -3.94. The van der Waals surface area contributed by atoms with Crippen LogP contribution in [0.2, 0.25) is 0 Å². The first-order valence-corrected chi connectivity index (χ1v) is 11.1. The summed E-state index contributed by atoms with van der Waals surface area (Å²) in [5.74, 6) is -0.456. The fourth-order valence-corrected chi connectivity index (χ4v) is 4.70. The Morgan fingerprint density at radius 2 is 2.04 bits per heavy atom. The Morgan fingerprint density at radius 3 is 2.64 bits per heavy atom. The highest BCUT2D eigenvalue weighted by atomic mass is 32.2. The molecule has 0 spiro atoms. The molecule has 11 heteroatoms. The minimum Gasteiger partial charge on any atom is -0.312 e. The van der Waals surface area contributed by atoms with Gasteiger partial charge in [0.25, 0.3) is 14.4 Å². The molecule has 2 heterocycles. The topological polar surface area (TPSA) is 121 Å². The molecule has 0 unspecified atom stereocenters. The van der Waals surface area contributed by atoms with E-state index in [2.05, 4.69) is 20.2 Å². The molecule has 1 aliphatic rings. The molecule has 28 heavy (non-hydrogen) atoms. The smallest absolute Gasteiger partial charge is 0.291 e. The van der Waals surface area contributed by atoms with Crippen LogP contribution < -0.4 is 14.9 Å². The molecule has 2 aromatic rings. The van der Waals surface area contributed by atoms with Gasteiger partial charge in [-0.3, -0.25) is 14.3 Å². The summed E-state index contributed by atoms with van der Waals surface area (Å²) in [7, 11) is -3.94. The molecule has 1 saturated heterocycles. The second kappa shape index (κ2) is 7.84. The van der Waals surface area contributed by atoms with Gasteiger partial charge in [0.2, 0.25) is 16.9 Å². The van der Waals surface area contributed by atoms with Crippen molar-refractivity contribution in [3.8, 4) is 0 Å². The molecule has 0 saturated carbocycles. The molecule has 1 aliphatic heterocycles. The van der Waals surface area contributed by atoms with Crippen LogP contribution in [0.3, 0.4) is 0 Å². The van der Waals surface area contributed by atoms with E-state index in [9.17, 15) is 18.0 Å². The van der Waals surface area contributed by atoms with Crippen LogP contribution in [0.15, 0.2) is 22.5 Å². The van der Waals surface area contributed by atoms with Gasteiger partial charge in [-0.05, 0) is 37.1 Å². The van der Waals surface area contributed by atoms with Crippen molar-refractivity contribution < 1.29 is 18.0 Å². The van der Waals surface area contributed by atoms with Crippen LogP contribution in [-0.2, 0) is 19.6 Å². The molecule has 1 aromatic carbocycles. The van der Waals surface area contributed by atoms with Crippen molar-refractivity contribution in [1.29, 1.82) is 0 Å². The minimum absolute atomic E-state index is 0.0706. The Balaban J connectivity index is 1.75. The number of aryl methyl sites for hydroxylation is 1. The van der Waals surface area contributed by atoms with E-state index in [4.69, 9.17) is 0 Å². The maximum Gasteiger partial charge on any atom is 0.291 e. The first-order chi connectivity index (χ1) is 13.2. The Kier molecular flexibility index (Phi) is 5.66. The molecule has 2 N–H and O–H groups in total. The van der Waals surface area contributed by atoms with Gasteiger partial charge in [-0.1, -0.05) is 25.2 Å². The summed E-state index contributed by atoms with van der Waals surface area (Å²) in [5, 5.41) is 10.0. The van der Waals surface area contributed by atoms with E-state index in [1.54, 1.807) is 36.9 Å². The lowest BCUT2D eigenvalue weighted by atomic mass is 10.1. The number of carbonyl (C=O) groups excluding carboxylic acids is 2. The Bertz CT molecular complexity index is 1020. The fourth-order valence-electron chi connectivity index (χ4n) is 2.74. The van der Waals surface area contributed by atoms with Crippen LogP contribution in [0.4, 0.5) is 16.5 Å². The zero-order chi connectivity index (χ0) is 20.5. The van der Waals surface area contributed by atoms with Gasteiger partial charge in [-0.25, -0.2) is 0 Å². The molecule has 3 rings (SSSR count). The van der Waals surface area contributed by atoms with Crippen LogP contribution in [0.5, 0.6) is 0 Å². The highest BCUT2D eigenvalue weighted by Gasteiger charge is 2.25. The van der Waals surface area contributed by atoms with Crippen molar-refractivity contribution in [1.82, 2.24) is 10.2 Å². The molecule has 1 fully saturated rings. The molecule has 2 amide bonds. The highest BCUT2D eigenvalue weighted by Crippen LogP contribution is 2.29. The van der Waals surface area contributed by atoms with Gasteiger partial charge in [0.05, 0.1) is 0 Å². The molecule has 0 atom stereocenters. The fraction of sp³-hybridized carbons (Fsp3) is 0.412. The van der Waals surface area contributed by atoms with Gasteiger partial charge in [-0.2, -0.15) is 8.42 Å². The number of aromatic nitrogens is 2. The third kappa shape index (κ3) is 4.30. The van der Waals surface area contributed by atoms with Crippen molar-refractivity contribution in [2.45, 2.75) is 38.0 Å². The summed E-state index contributed by atoms with van der Waals surface area (Å²) in [6, 6.07) is 5.00. The monoisotopic (exact) mass is 423 g/mol. The van der Waals surface area contributed by atoms with Gasteiger partial charge < -0.3 is 10.2 Å². The number of hydrogen-bond donors (Lipinski definition) is 2. The van der Waals surface area contributed by atoms with Gasteiger partial charge in [-0.15, -0.1) is 10.2 Å². The number of benzene rings is 1. The van der Waals surface area contributed by atoms with Crippen molar-refractivity contribution in [2.24, 2.45) is 5.92 Å². The predicted octanol–water partition coefficient (Wildman–Crippen LogP) is 2.37. The predicted molar refractivity (Wildman–Crippen MR) is 107 cm³/mol. The maximum atomic E-state index is 12.6. The normalized spacial score (nSPS) is 14.6. The third-order valence-electron chi connectivity index (χ3n) is 4.20. The van der Waals surface area contributed by atoms with E-state index in [-0.39, 0.29) is 27.2 Å². The standard InChI is InChI=1S/C17H21N5O4S2/c1-10(2)15(24)18-16-19-20-17(27-16)28(25,26)21-12-6-7-13(11(3)9-12)22-8-4-5-14(22)23/h6-7,9-10,21H,4-5,8H2,1-3H3,(H,18,19,24). The molecule has 150 valence electrons. The Hall–Kier alpha value is -2.53. The number of rotatable bonds is 6. The number of anilines is 3. The molecule has 0 bridgehead atoms. The first-order valence-electron chi connectivity index (χ1n) is 8.75. The van der Waals surface area contributed by atoms with Crippen molar-refractivity contribution in [2.75, 3.05) is 21.5 Å². The van der Waals surface area contributed by atoms with Crippen LogP contribution in [0.25, 0.3) is 0 Å². The summed E-state index contributed by atoms with van der Waals surface area (Å²) in [6.07, 6.45) is 1.35. The van der Waals surface area contributed by atoms with Gasteiger partial charge in [0.1, 0.15) is 0 Å². The summed E-state index contributed by atoms with van der Waals surface area (Å²) < 4.78 is 27.3. The van der Waals surface area contributed by atoms with Gasteiger partial charge >= 0.3 is 0 Å². The Labute approximate surface area is 167 Å². The van der Waals surface area contributed by atoms with E-state index in [0.29, 0.717) is 18.7 Å². The third-order valence-corrected chi connectivity index (χ3v) is 6.79. The number of nitrogens with zero attached hydrogens (tertiary/aromatic N) is 3. The number of hydrogen-bond acceptors (Lipinski definition) is 7. The maximum absolute atomic E-state index is 12.6. The van der Waals surface area contributed by atoms with E-state index in [1.165, 1.54) is 0 Å². The van der Waals surface area contributed by atoms with E-state index >= 15 is 0 Å². The first kappa shape index (κ1) is 20.2. The van der Waals surface area contributed by atoms with Crippen molar-refractivity contribution in [3.05, 3.63) is 23.8 Å². The highest BCUT2D eigenvalue weighted by molar-refractivity contribution is 7.94. The molecule has 0 aliphatic carbocycles. The molecular weight excluding hydrogens is 402 g/mol. The lowest BCUT2D eigenvalue weighted by Gasteiger charge is -2.19. The number of sulfonamides is 1. The van der Waals surface area contributed by atoms with Crippen molar-refractivity contribution >= 4 is 49.7 Å². The van der Waals surface area contributed by atoms with E-state index in [0.717, 1.165) is 29.0 Å². The average molecular weight is 424 g/mol. The molecule has 1 aromatic heterocycles. The van der Waals surface area contributed by atoms with Crippen LogP contribution in [0.1, 0.15) is 32.3 Å². The number of amides is 2. The lowest BCUT2D eigenvalue weighted by Crippen LogP contribution is -2.24. The summed E-state index contributed by atoms with van der Waals surface area (Å²) >= 11 is 0.775. The summed E-state index contributed by atoms with van der Waals surface area (Å²) in [4.78, 5) is 25.3. The van der Waals surface area contributed by atoms with Crippen molar-refractivity contribution in [3.63, 3.8) is 0 Å². The SMILES string of the molecule is Cc1cc(NS(=O)(=O)c2nnc(NC(=O)C(C)C)s2)ccc1N1CCCC1=O. The van der Waals surface area contributed by atoms with E-state index in [1.807, 2.05) is 6.92 Å². The molecule has 0 radical (unpaired) electrons. The largest absolute Gasteiger partial charge is 0.312 e. The average Bonchev–Trinajstić information content (AvgIpc) is 3.24. The second-order valence-electron chi connectivity index (χ2n) is 6.77. The summed E-state index contributed by atoms with van der Waals surface area (Å²) in [5.41, 5.74) is 1.92. The quantitative estimate of drug-likeness (QED) is 0.688. The Morgan fingerprint density at radius 1 is 1.29 bits per heavy atom. The molecule has 9 nitrogen and oxygen atoms in total. The molecular formula is C17H21N5O4S2. The van der Waals surface area contributed by atoms with Crippen LogP contribution in [-0.4, -0.2) is 37.0 Å². The van der Waals surface area contributed by atoms with Crippen LogP contribution in [0, 0.1) is 12.8 Å². The van der Waals surface area contributed by atoms with Gasteiger partial charge in [0, 0.05) is 30.3 Å². The second-order valence-corrected chi connectivity index (χ2v) is 9.61. The van der Waals surface area contributed by atoms with Crippen LogP contribution >= 0.6 is 11.3 Å². The zero-order valence-electron chi connectivity index (χ0n) is 15.7. The summed E-state index contributed by atoms with van der Waals surface area (Å²) in [6.45, 7) is 5.93. The number of nitrogens with one attached hydrogen (secondary N) is 2. The lowest BCUT2D eigenvalue weighted by molar-refractivity contribution is -0.119. The van der Waals surface area contributed by atoms with Gasteiger partial charge in [0.15, 0.2) is 0 Å². The number of carbonyl (C=O) groups is 2. The van der Waals surface area contributed by atoms with E-state index < -0.39 is 10.0 Å². The zero-order valence-corrected chi connectivity index (χ0v) is 17.4.